The molecule has 0 aliphatic carbocycles. The molecule has 0 saturated carbocycles. The Morgan fingerprint density at radius 3 is 2.50 bits per heavy atom. The predicted octanol–water partition coefficient (Wildman–Crippen LogP) is 1.26. The van der Waals surface area contributed by atoms with Crippen LogP contribution < -0.4 is 17.2 Å². The van der Waals surface area contributed by atoms with Gasteiger partial charge in [0, 0.05) is 0 Å². The summed E-state index contributed by atoms with van der Waals surface area (Å²) < 4.78 is 0. The molecule has 1 unspecified atom stereocenters. The molecule has 7 N–H and O–H groups in total. The maximum absolute atomic E-state index is 10.6. The Balaban J connectivity index is 0.00000169. The topological polar surface area (TPSA) is 110 Å². The highest BCUT2D eigenvalue weighted by atomic mass is 35.5. The van der Waals surface area contributed by atoms with E-state index in [4.69, 9.17) is 45.6 Å². The van der Waals surface area contributed by atoms with Gasteiger partial charge in [0.25, 0.3) is 0 Å². The Bertz CT molecular complexity index is 324. The first-order valence-electron chi connectivity index (χ1n) is 3.11. The number of halogens is 3. The Hall–Kier alpha value is -0.460. The van der Waals surface area contributed by atoms with Crippen molar-refractivity contribution in [2.24, 2.45) is 5.73 Å². The van der Waals surface area contributed by atoms with Gasteiger partial charge < -0.3 is 16.6 Å². The molecule has 1 atom stereocenters. The summed E-state index contributed by atoms with van der Waals surface area (Å²) in [5.41, 5.74) is 5.14. The molecule has 0 aromatic carbocycles. The third kappa shape index (κ3) is 2.52. The summed E-state index contributed by atoms with van der Waals surface area (Å²) in [6.07, 6.45) is 1.19. The van der Waals surface area contributed by atoms with Crippen molar-refractivity contribution in [1.82, 2.24) is 11.5 Å². The lowest BCUT2D eigenvalue weighted by Crippen LogP contribution is -2.51. The molecule has 1 aliphatic rings. The molecule has 0 saturated heterocycles. The Kier molecular flexibility index (Phi) is 4.23. The van der Waals surface area contributed by atoms with E-state index in [0.29, 0.717) is 0 Å². The molecule has 0 spiro atoms. The largest absolute Gasteiger partial charge is 0.477 e. The number of hydrogen-bond donors (Lipinski definition) is 4. The van der Waals surface area contributed by atoms with Crippen LogP contribution in [-0.2, 0) is 4.79 Å². The normalized spacial score (nSPS) is 26.1. The van der Waals surface area contributed by atoms with Crippen molar-refractivity contribution in [2.75, 3.05) is 0 Å². The zero-order valence-electron chi connectivity index (χ0n) is 6.85. The minimum Gasteiger partial charge on any atom is -0.477 e. The maximum Gasteiger partial charge on any atom is 0.353 e. The Labute approximate surface area is 95.1 Å². The molecule has 0 aromatic rings. The molecule has 0 bridgehead atoms. The molecule has 0 fully saturated rings. The second kappa shape index (κ2) is 4.37. The summed E-state index contributed by atoms with van der Waals surface area (Å²) in [7, 11) is 0. The minimum absolute atomic E-state index is 0. The average molecular weight is 261 g/mol. The highest BCUT2D eigenvalue weighted by Crippen LogP contribution is 2.29. The van der Waals surface area contributed by atoms with E-state index in [9.17, 15) is 4.79 Å². The first kappa shape index (κ1) is 13.5. The fourth-order valence-corrected chi connectivity index (χ4v) is 1.34. The van der Waals surface area contributed by atoms with Gasteiger partial charge in [-0.25, -0.2) is 4.79 Å². The van der Waals surface area contributed by atoms with E-state index in [2.05, 4.69) is 5.32 Å². The first-order valence-corrected chi connectivity index (χ1v) is 4.24. The van der Waals surface area contributed by atoms with Crippen molar-refractivity contribution in [2.45, 2.75) is 5.12 Å². The highest BCUT2D eigenvalue weighted by molar-refractivity contribution is 6.42. The van der Waals surface area contributed by atoms with Crippen LogP contribution in [0, 0.1) is 0 Å². The van der Waals surface area contributed by atoms with Crippen LogP contribution in [0.4, 0.5) is 0 Å². The second-order valence-corrected chi connectivity index (χ2v) is 3.77. The number of carboxylic acid groups (broad SMARTS) is 1. The molecule has 1 rings (SSSR count). The maximum atomic E-state index is 10.6. The fraction of sp³-hybridized carbons (Fsp3) is 0.167. The van der Waals surface area contributed by atoms with Crippen LogP contribution in [0.2, 0.25) is 0 Å². The smallest absolute Gasteiger partial charge is 0.353 e. The van der Waals surface area contributed by atoms with Gasteiger partial charge in [0.05, 0.1) is 10.1 Å². The summed E-state index contributed by atoms with van der Waals surface area (Å²) in [5, 5.41) is 9.30. The van der Waals surface area contributed by atoms with E-state index in [1.807, 2.05) is 0 Å². The fourth-order valence-electron chi connectivity index (χ4n) is 0.745. The number of rotatable bonds is 1. The molecule has 1 aliphatic heterocycles. The zero-order valence-corrected chi connectivity index (χ0v) is 9.12. The van der Waals surface area contributed by atoms with Gasteiger partial charge >= 0.3 is 5.97 Å². The molecule has 1 heterocycles. The second-order valence-electron chi connectivity index (χ2n) is 2.36. The molecule has 0 amide bonds. The van der Waals surface area contributed by atoms with E-state index in [-0.39, 0.29) is 21.9 Å². The summed E-state index contributed by atoms with van der Waals surface area (Å²) >= 11 is 16.8. The van der Waals surface area contributed by atoms with E-state index < -0.39 is 11.1 Å². The molecule has 80 valence electrons. The molecule has 5 nitrogen and oxygen atoms in total. The number of allylic oxidation sites excluding steroid dienone is 2. The zero-order chi connectivity index (χ0) is 10.2. The van der Waals surface area contributed by atoms with E-state index >= 15 is 0 Å². The van der Waals surface area contributed by atoms with Crippen LogP contribution >= 0.6 is 34.8 Å². The SMILES string of the molecule is N.NC1(Cl)NC(C(=O)O)=C(Cl)C=C1Cl. The number of dihydropyridines is 1. The van der Waals surface area contributed by atoms with Crippen molar-refractivity contribution in [3.05, 3.63) is 21.8 Å². The Morgan fingerprint density at radius 2 is 2.07 bits per heavy atom. The number of carboxylic acids is 1. The van der Waals surface area contributed by atoms with Crippen LogP contribution in [0.3, 0.4) is 0 Å². The van der Waals surface area contributed by atoms with Crippen molar-refractivity contribution >= 4 is 40.8 Å². The molecule has 0 aromatic heterocycles. The van der Waals surface area contributed by atoms with Crippen molar-refractivity contribution < 1.29 is 9.90 Å². The number of hydrogen-bond acceptors (Lipinski definition) is 4. The first-order chi connectivity index (χ1) is 5.84. The summed E-state index contributed by atoms with van der Waals surface area (Å²) in [6, 6.07) is 0. The lowest BCUT2D eigenvalue weighted by Gasteiger charge is -2.27. The van der Waals surface area contributed by atoms with Gasteiger partial charge in [-0.3, -0.25) is 5.73 Å². The van der Waals surface area contributed by atoms with Gasteiger partial charge in [0.1, 0.15) is 5.70 Å². The molecular weight excluding hydrogens is 252 g/mol. The van der Waals surface area contributed by atoms with Gasteiger partial charge in [0.15, 0.2) is 0 Å². The van der Waals surface area contributed by atoms with Gasteiger partial charge in [-0.1, -0.05) is 34.8 Å². The van der Waals surface area contributed by atoms with Crippen LogP contribution in [-0.4, -0.2) is 16.2 Å². The average Bonchev–Trinajstić information content (AvgIpc) is 1.97. The van der Waals surface area contributed by atoms with Crippen LogP contribution in [0.15, 0.2) is 21.8 Å². The molecule has 0 radical (unpaired) electrons. The number of aliphatic carboxylic acids is 1. The van der Waals surface area contributed by atoms with Crippen LogP contribution in [0.5, 0.6) is 0 Å². The third-order valence-electron chi connectivity index (χ3n) is 1.36. The number of carbonyl (C=O) groups is 1. The van der Waals surface area contributed by atoms with E-state index in [1.54, 1.807) is 0 Å². The van der Waals surface area contributed by atoms with Gasteiger partial charge in [-0.2, -0.15) is 0 Å². The van der Waals surface area contributed by atoms with Crippen molar-refractivity contribution in [3.8, 4) is 0 Å². The van der Waals surface area contributed by atoms with E-state index in [0.717, 1.165) is 0 Å². The molecule has 8 heteroatoms. The number of alkyl halides is 1. The van der Waals surface area contributed by atoms with Gasteiger partial charge in [0.2, 0.25) is 5.12 Å². The highest BCUT2D eigenvalue weighted by Gasteiger charge is 2.33. The standard InChI is InChI=1S/C6H5Cl3N2O2.H3N/c7-2-1-3(8)6(9,10)11-4(2)5(12)13;/h1,11H,10H2,(H,12,13);1H3. The lowest BCUT2D eigenvalue weighted by atomic mass is 10.2. The van der Waals surface area contributed by atoms with Crippen LogP contribution in [0.25, 0.3) is 0 Å². The lowest BCUT2D eigenvalue weighted by molar-refractivity contribution is -0.133. The van der Waals surface area contributed by atoms with Crippen molar-refractivity contribution in [1.29, 1.82) is 0 Å². The van der Waals surface area contributed by atoms with Crippen molar-refractivity contribution in [3.63, 3.8) is 0 Å². The molecular formula is C6H8Cl3N3O2. The Morgan fingerprint density at radius 1 is 1.57 bits per heavy atom. The predicted molar refractivity (Wildman–Crippen MR) is 55.4 cm³/mol. The number of nitrogens with two attached hydrogens (primary N) is 1. The molecule has 14 heavy (non-hydrogen) atoms. The summed E-state index contributed by atoms with van der Waals surface area (Å²) in [4.78, 5) is 10.6. The van der Waals surface area contributed by atoms with Crippen LogP contribution in [0.1, 0.15) is 0 Å². The van der Waals surface area contributed by atoms with Gasteiger partial charge in [-0.05, 0) is 6.08 Å². The number of nitrogens with one attached hydrogen (secondary N) is 1. The minimum atomic E-state index is -1.60. The third-order valence-corrected chi connectivity index (χ3v) is 2.46. The van der Waals surface area contributed by atoms with E-state index in [1.165, 1.54) is 6.08 Å². The summed E-state index contributed by atoms with van der Waals surface area (Å²) in [6.45, 7) is 0. The monoisotopic (exact) mass is 259 g/mol. The quantitative estimate of drug-likeness (QED) is 0.419. The van der Waals surface area contributed by atoms with Gasteiger partial charge in [-0.15, -0.1) is 0 Å². The summed E-state index contributed by atoms with van der Waals surface area (Å²) in [5.74, 6) is -1.25.